The van der Waals surface area contributed by atoms with Crippen molar-refractivity contribution in [3.63, 3.8) is 0 Å². The highest BCUT2D eigenvalue weighted by molar-refractivity contribution is 5.83. The van der Waals surface area contributed by atoms with E-state index in [4.69, 9.17) is 10.5 Å². The maximum Gasteiger partial charge on any atom is 0.306 e. The SMILES string of the molecule is N#CC(CC1CCC1)NC(=O)C(N)C12CC3CC(CC(OC(=O)CCc4ccc(O)cc4)(C3)C1)C2. The van der Waals surface area contributed by atoms with Gasteiger partial charge in [-0.1, -0.05) is 31.4 Å². The summed E-state index contributed by atoms with van der Waals surface area (Å²) in [6, 6.07) is 7.96. The lowest BCUT2D eigenvalue weighted by molar-refractivity contribution is -0.205. The number of phenols is 1. The summed E-state index contributed by atoms with van der Waals surface area (Å²) in [6.07, 6.45) is 10.3. The van der Waals surface area contributed by atoms with E-state index in [2.05, 4.69) is 11.4 Å². The van der Waals surface area contributed by atoms with Crippen LogP contribution in [0.3, 0.4) is 0 Å². The molecule has 4 unspecified atom stereocenters. The summed E-state index contributed by atoms with van der Waals surface area (Å²) in [5.41, 5.74) is 6.73. The molecule has 5 fully saturated rings. The Balaban J connectivity index is 1.23. The Kier molecular flexibility index (Phi) is 6.52. The fraction of sp³-hybridized carbons (Fsp3) is 0.679. The molecule has 0 heterocycles. The van der Waals surface area contributed by atoms with Gasteiger partial charge in [-0.3, -0.25) is 9.59 Å². The minimum atomic E-state index is -0.694. The van der Waals surface area contributed by atoms with Crippen molar-refractivity contribution in [2.24, 2.45) is 28.9 Å². The lowest BCUT2D eigenvalue weighted by atomic mass is 9.46. The smallest absolute Gasteiger partial charge is 0.306 e. The van der Waals surface area contributed by atoms with E-state index in [1.54, 1.807) is 12.1 Å². The van der Waals surface area contributed by atoms with Crippen LogP contribution in [0.1, 0.15) is 76.2 Å². The van der Waals surface area contributed by atoms with Crippen LogP contribution in [0.25, 0.3) is 0 Å². The number of nitrogens with two attached hydrogens (primary N) is 1. The zero-order valence-electron chi connectivity index (χ0n) is 20.4. The van der Waals surface area contributed by atoms with Crippen molar-refractivity contribution in [2.45, 2.75) is 94.7 Å². The van der Waals surface area contributed by atoms with E-state index in [0.29, 0.717) is 37.0 Å². The normalized spacial score (nSPS) is 32.8. The van der Waals surface area contributed by atoms with E-state index in [9.17, 15) is 20.0 Å². The summed E-state index contributed by atoms with van der Waals surface area (Å²) in [5.74, 6) is 1.13. The molecular weight excluding hydrogens is 442 g/mol. The van der Waals surface area contributed by atoms with Crippen LogP contribution in [0.15, 0.2) is 24.3 Å². The van der Waals surface area contributed by atoms with Crippen molar-refractivity contribution in [2.75, 3.05) is 0 Å². The number of nitrogens with zero attached hydrogens (tertiary/aromatic N) is 1. The number of phenolic OH excluding ortho intramolecular Hbond substituents is 1. The molecule has 0 aromatic heterocycles. The monoisotopic (exact) mass is 479 g/mol. The van der Waals surface area contributed by atoms with Crippen LogP contribution in [0.4, 0.5) is 0 Å². The Bertz CT molecular complexity index is 982. The number of benzene rings is 1. The molecule has 1 aromatic rings. The molecule has 5 aliphatic rings. The number of carbonyl (C=O) groups is 2. The van der Waals surface area contributed by atoms with E-state index in [1.165, 1.54) is 6.42 Å². The molecule has 4 bridgehead atoms. The maximum absolute atomic E-state index is 13.2. The first kappa shape index (κ1) is 24.1. The van der Waals surface area contributed by atoms with Gasteiger partial charge in [0.15, 0.2) is 0 Å². The third kappa shape index (κ3) is 5.04. The Morgan fingerprint density at radius 2 is 1.86 bits per heavy atom. The largest absolute Gasteiger partial charge is 0.508 e. The molecule has 5 aliphatic carbocycles. The molecule has 4 N–H and O–H groups in total. The van der Waals surface area contributed by atoms with Crippen LogP contribution in [-0.4, -0.2) is 34.7 Å². The highest BCUT2D eigenvalue weighted by atomic mass is 16.6. The van der Waals surface area contributed by atoms with Gasteiger partial charge < -0.3 is 20.9 Å². The number of nitrogens with one attached hydrogen (secondary N) is 1. The standard InChI is InChI=1S/C28H37N3O4/c29-16-22(11-19-2-1-3-19)31-26(34)25(30)27-12-20-10-21(13-27)15-28(14-20,17-27)35-24(33)9-6-18-4-7-23(32)8-5-18/h4-5,7-8,19-22,25,32H,1-3,6,9-15,17,30H2,(H,31,34). The van der Waals surface area contributed by atoms with E-state index in [0.717, 1.165) is 50.5 Å². The van der Waals surface area contributed by atoms with Gasteiger partial charge in [-0.25, -0.2) is 0 Å². The van der Waals surface area contributed by atoms with Gasteiger partial charge in [-0.2, -0.15) is 5.26 Å². The third-order valence-electron chi connectivity index (χ3n) is 9.15. The van der Waals surface area contributed by atoms with Crippen LogP contribution in [0.2, 0.25) is 0 Å². The van der Waals surface area contributed by atoms with Gasteiger partial charge in [0.2, 0.25) is 5.91 Å². The lowest BCUT2D eigenvalue weighted by Crippen LogP contribution is -2.65. The summed E-state index contributed by atoms with van der Waals surface area (Å²) in [4.78, 5) is 26.1. The van der Waals surface area contributed by atoms with Gasteiger partial charge in [-0.05, 0) is 92.2 Å². The maximum atomic E-state index is 13.2. The van der Waals surface area contributed by atoms with Crippen molar-refractivity contribution in [1.82, 2.24) is 5.32 Å². The molecule has 4 atom stereocenters. The Morgan fingerprint density at radius 1 is 1.17 bits per heavy atom. The van der Waals surface area contributed by atoms with Crippen molar-refractivity contribution < 1.29 is 19.4 Å². The quantitative estimate of drug-likeness (QED) is 0.463. The fourth-order valence-electron chi connectivity index (χ4n) is 7.68. The van der Waals surface area contributed by atoms with Crippen molar-refractivity contribution >= 4 is 11.9 Å². The predicted octanol–water partition coefficient (Wildman–Crippen LogP) is 3.73. The highest BCUT2D eigenvalue weighted by Crippen LogP contribution is 2.63. The summed E-state index contributed by atoms with van der Waals surface area (Å²) in [5, 5.41) is 22.0. The molecule has 6 rings (SSSR count). The molecule has 5 saturated carbocycles. The van der Waals surface area contributed by atoms with Crippen molar-refractivity contribution in [3.8, 4) is 11.8 Å². The van der Waals surface area contributed by atoms with Gasteiger partial charge in [0, 0.05) is 6.42 Å². The average molecular weight is 480 g/mol. The van der Waals surface area contributed by atoms with Gasteiger partial charge in [0.25, 0.3) is 0 Å². The second-order valence-corrected chi connectivity index (χ2v) is 11.8. The Morgan fingerprint density at radius 3 is 2.46 bits per heavy atom. The van der Waals surface area contributed by atoms with E-state index in [-0.39, 0.29) is 29.5 Å². The molecule has 7 nitrogen and oxygen atoms in total. The summed E-state index contributed by atoms with van der Waals surface area (Å²) < 4.78 is 6.20. The molecule has 7 heteroatoms. The second kappa shape index (κ2) is 9.46. The van der Waals surface area contributed by atoms with Crippen LogP contribution in [0, 0.1) is 34.5 Å². The molecule has 1 aromatic carbocycles. The van der Waals surface area contributed by atoms with E-state index < -0.39 is 17.7 Å². The van der Waals surface area contributed by atoms with Gasteiger partial charge in [-0.15, -0.1) is 0 Å². The van der Waals surface area contributed by atoms with Crippen molar-refractivity contribution in [1.29, 1.82) is 5.26 Å². The number of hydrogen-bond acceptors (Lipinski definition) is 6. The Labute approximate surface area is 207 Å². The molecule has 1 amide bonds. The summed E-state index contributed by atoms with van der Waals surface area (Å²) in [6.45, 7) is 0. The molecule has 0 saturated heterocycles. The second-order valence-electron chi connectivity index (χ2n) is 11.8. The molecule has 0 spiro atoms. The molecule has 35 heavy (non-hydrogen) atoms. The number of rotatable bonds is 9. The summed E-state index contributed by atoms with van der Waals surface area (Å²) in [7, 11) is 0. The minimum Gasteiger partial charge on any atom is -0.508 e. The zero-order chi connectivity index (χ0) is 24.6. The molecule has 188 valence electrons. The summed E-state index contributed by atoms with van der Waals surface area (Å²) >= 11 is 0. The number of esters is 1. The Hall–Kier alpha value is -2.59. The van der Waals surface area contributed by atoms with Gasteiger partial charge >= 0.3 is 5.97 Å². The fourth-order valence-corrected chi connectivity index (χ4v) is 7.68. The van der Waals surface area contributed by atoms with Gasteiger partial charge in [0.05, 0.1) is 12.1 Å². The van der Waals surface area contributed by atoms with Crippen LogP contribution < -0.4 is 11.1 Å². The molecule has 0 aliphatic heterocycles. The van der Waals surface area contributed by atoms with E-state index in [1.807, 2.05) is 12.1 Å². The molecular formula is C28H37N3O4. The topological polar surface area (TPSA) is 125 Å². The average Bonchev–Trinajstić information content (AvgIpc) is 2.78. The van der Waals surface area contributed by atoms with Crippen LogP contribution in [0.5, 0.6) is 5.75 Å². The lowest BCUT2D eigenvalue weighted by Gasteiger charge is -2.62. The number of hydrogen-bond donors (Lipinski definition) is 3. The number of carbonyl (C=O) groups excluding carboxylic acids is 2. The predicted molar refractivity (Wildman–Crippen MR) is 130 cm³/mol. The zero-order valence-corrected chi connectivity index (χ0v) is 20.4. The third-order valence-corrected chi connectivity index (χ3v) is 9.15. The first-order valence-corrected chi connectivity index (χ1v) is 13.2. The van der Waals surface area contributed by atoms with Crippen LogP contribution >= 0.6 is 0 Å². The first-order valence-electron chi connectivity index (χ1n) is 13.2. The number of nitriles is 1. The highest BCUT2D eigenvalue weighted by Gasteiger charge is 2.62. The van der Waals surface area contributed by atoms with E-state index >= 15 is 0 Å². The molecule has 0 radical (unpaired) electrons. The van der Waals surface area contributed by atoms with Crippen LogP contribution in [-0.2, 0) is 20.7 Å². The minimum absolute atomic E-state index is 0.208. The number of aromatic hydroxyl groups is 1. The van der Waals surface area contributed by atoms with Gasteiger partial charge in [0.1, 0.15) is 17.4 Å². The number of aryl methyl sites for hydroxylation is 1. The first-order chi connectivity index (χ1) is 16.8. The number of amides is 1. The van der Waals surface area contributed by atoms with Crippen molar-refractivity contribution in [3.05, 3.63) is 29.8 Å². The number of ether oxygens (including phenoxy) is 1.